The third-order valence-corrected chi connectivity index (χ3v) is 6.09. The van der Waals surface area contributed by atoms with Gasteiger partial charge in [0.1, 0.15) is 6.04 Å². The maximum atomic E-state index is 13.1. The molecule has 0 aromatic heterocycles. The van der Waals surface area contributed by atoms with Crippen molar-refractivity contribution in [3.8, 4) is 0 Å². The topological polar surface area (TPSA) is 105 Å². The first-order valence-corrected chi connectivity index (χ1v) is 9.75. The Morgan fingerprint density at radius 3 is 2.78 bits per heavy atom. The summed E-state index contributed by atoms with van der Waals surface area (Å²) in [6, 6.07) is 5.77. The minimum atomic E-state index is -0.566. The van der Waals surface area contributed by atoms with Gasteiger partial charge in [-0.3, -0.25) is 19.7 Å². The average molecular weight is 370 g/mol. The minimum absolute atomic E-state index is 0.108. The van der Waals surface area contributed by atoms with Crippen LogP contribution in [0.25, 0.3) is 0 Å². The summed E-state index contributed by atoms with van der Waals surface area (Å²) in [5, 5.41) is 5.92. The molecule has 3 amide bonds. The van der Waals surface area contributed by atoms with Crippen molar-refractivity contribution in [1.82, 2.24) is 15.5 Å². The van der Waals surface area contributed by atoms with Gasteiger partial charge >= 0.3 is 0 Å². The lowest BCUT2D eigenvalue weighted by molar-refractivity contribution is -0.136. The van der Waals surface area contributed by atoms with Gasteiger partial charge in [0, 0.05) is 31.1 Å². The lowest BCUT2D eigenvalue weighted by Crippen LogP contribution is -2.52. The molecule has 2 heterocycles. The third kappa shape index (κ3) is 3.49. The summed E-state index contributed by atoms with van der Waals surface area (Å²) in [7, 11) is 0. The van der Waals surface area contributed by atoms with Gasteiger partial charge < -0.3 is 16.0 Å². The summed E-state index contributed by atoms with van der Waals surface area (Å²) in [6.07, 6.45) is 4.02. The Kier molecular flexibility index (Phi) is 4.97. The highest BCUT2D eigenvalue weighted by molar-refractivity contribution is 6.05. The molecule has 144 valence electrons. The van der Waals surface area contributed by atoms with Crippen LogP contribution >= 0.6 is 0 Å². The van der Waals surface area contributed by atoms with Gasteiger partial charge in [0.25, 0.3) is 5.91 Å². The summed E-state index contributed by atoms with van der Waals surface area (Å²) in [5.74, 6) is -0.152. The van der Waals surface area contributed by atoms with Crippen LogP contribution in [-0.4, -0.2) is 41.2 Å². The number of rotatable bonds is 5. The molecule has 3 aliphatic rings. The van der Waals surface area contributed by atoms with Crippen LogP contribution in [-0.2, 0) is 22.7 Å². The fourth-order valence-electron chi connectivity index (χ4n) is 4.57. The standard InChI is InChI=1S/C20H26N4O3/c21-9-12-4-5-15(8-12)22-10-13-2-1-3-14-11-24(20(27)18(13)14)16-6-7-17(25)23-19(16)26/h1-3,12,15-16,22H,4-11,21H2,(H,23,25,26). The van der Waals surface area contributed by atoms with Crippen molar-refractivity contribution in [3.63, 3.8) is 0 Å². The SMILES string of the molecule is NCC1CCC(NCc2cccc3c2C(=O)N(C2CCC(=O)NC2=O)C3)C1. The molecule has 0 spiro atoms. The van der Waals surface area contributed by atoms with Gasteiger partial charge in [-0.15, -0.1) is 0 Å². The van der Waals surface area contributed by atoms with Crippen LogP contribution in [0.3, 0.4) is 0 Å². The normalized spacial score (nSPS) is 27.8. The Bertz CT molecular complexity index is 778. The second-order valence-electron chi connectivity index (χ2n) is 7.84. The van der Waals surface area contributed by atoms with E-state index in [0.29, 0.717) is 37.0 Å². The van der Waals surface area contributed by atoms with E-state index in [1.54, 1.807) is 4.90 Å². The van der Waals surface area contributed by atoms with Crippen molar-refractivity contribution in [1.29, 1.82) is 0 Å². The smallest absolute Gasteiger partial charge is 0.255 e. The molecule has 2 fully saturated rings. The lowest BCUT2D eigenvalue weighted by atomic mass is 10.0. The van der Waals surface area contributed by atoms with Gasteiger partial charge in [-0.1, -0.05) is 18.2 Å². The maximum absolute atomic E-state index is 13.1. The first kappa shape index (κ1) is 18.1. The van der Waals surface area contributed by atoms with Crippen molar-refractivity contribution in [2.75, 3.05) is 6.54 Å². The molecule has 1 saturated heterocycles. The maximum Gasteiger partial charge on any atom is 0.255 e. The van der Waals surface area contributed by atoms with E-state index in [-0.39, 0.29) is 24.1 Å². The minimum Gasteiger partial charge on any atom is -0.330 e. The predicted molar refractivity (Wildman–Crippen MR) is 99.5 cm³/mol. The van der Waals surface area contributed by atoms with E-state index in [1.165, 1.54) is 0 Å². The van der Waals surface area contributed by atoms with Gasteiger partial charge in [-0.25, -0.2) is 0 Å². The number of hydrogen-bond acceptors (Lipinski definition) is 5. The van der Waals surface area contributed by atoms with Crippen molar-refractivity contribution >= 4 is 17.7 Å². The molecule has 2 aliphatic heterocycles. The van der Waals surface area contributed by atoms with Crippen LogP contribution in [0.2, 0.25) is 0 Å². The molecule has 3 atom stereocenters. The summed E-state index contributed by atoms with van der Waals surface area (Å²) in [5.41, 5.74) is 8.41. The molecular formula is C20H26N4O3. The van der Waals surface area contributed by atoms with Crippen LogP contribution in [0, 0.1) is 5.92 Å². The monoisotopic (exact) mass is 370 g/mol. The van der Waals surface area contributed by atoms with Crippen LogP contribution in [0.5, 0.6) is 0 Å². The summed E-state index contributed by atoms with van der Waals surface area (Å²) < 4.78 is 0. The zero-order chi connectivity index (χ0) is 19.0. The number of amides is 3. The fourth-order valence-corrected chi connectivity index (χ4v) is 4.57. The lowest BCUT2D eigenvalue weighted by Gasteiger charge is -2.29. The van der Waals surface area contributed by atoms with Gasteiger partial charge in [-0.2, -0.15) is 0 Å². The number of benzene rings is 1. The number of piperidine rings is 1. The Labute approximate surface area is 158 Å². The van der Waals surface area contributed by atoms with E-state index in [2.05, 4.69) is 10.6 Å². The van der Waals surface area contributed by atoms with Crippen molar-refractivity contribution in [2.24, 2.45) is 11.7 Å². The van der Waals surface area contributed by atoms with Gasteiger partial charge in [0.2, 0.25) is 11.8 Å². The van der Waals surface area contributed by atoms with Gasteiger partial charge in [-0.05, 0) is 49.3 Å². The van der Waals surface area contributed by atoms with Gasteiger partial charge in [0.15, 0.2) is 0 Å². The Morgan fingerprint density at radius 1 is 1.19 bits per heavy atom. The highest BCUT2D eigenvalue weighted by Gasteiger charge is 2.40. The van der Waals surface area contributed by atoms with Crippen LogP contribution in [0.1, 0.15) is 53.6 Å². The fraction of sp³-hybridized carbons (Fsp3) is 0.550. The Balaban J connectivity index is 1.47. The largest absolute Gasteiger partial charge is 0.330 e. The number of hydrogen-bond donors (Lipinski definition) is 3. The highest BCUT2D eigenvalue weighted by atomic mass is 16.2. The molecule has 4 rings (SSSR count). The van der Waals surface area contributed by atoms with Crippen molar-refractivity contribution < 1.29 is 14.4 Å². The molecule has 7 nitrogen and oxygen atoms in total. The van der Waals surface area contributed by atoms with Crippen molar-refractivity contribution in [3.05, 3.63) is 34.9 Å². The Morgan fingerprint density at radius 2 is 2.04 bits per heavy atom. The number of carbonyl (C=O) groups is 3. The predicted octanol–water partition coefficient (Wildman–Crippen LogP) is 0.665. The molecule has 0 radical (unpaired) electrons. The summed E-state index contributed by atoms with van der Waals surface area (Å²) >= 11 is 0. The molecule has 4 N–H and O–H groups in total. The second-order valence-corrected chi connectivity index (χ2v) is 7.84. The van der Waals surface area contributed by atoms with Gasteiger partial charge in [0.05, 0.1) is 0 Å². The number of nitrogens with one attached hydrogen (secondary N) is 2. The van der Waals surface area contributed by atoms with E-state index in [1.807, 2.05) is 18.2 Å². The number of carbonyl (C=O) groups excluding carboxylic acids is 3. The van der Waals surface area contributed by atoms with Crippen LogP contribution in [0.4, 0.5) is 0 Å². The third-order valence-electron chi connectivity index (χ3n) is 6.09. The molecule has 1 saturated carbocycles. The molecule has 1 aromatic carbocycles. The molecule has 1 aliphatic carbocycles. The van der Waals surface area contributed by atoms with Crippen LogP contribution in [0.15, 0.2) is 18.2 Å². The van der Waals surface area contributed by atoms with E-state index >= 15 is 0 Å². The molecule has 27 heavy (non-hydrogen) atoms. The number of nitrogens with zero attached hydrogens (tertiary/aromatic N) is 1. The van der Waals surface area contributed by atoms with E-state index in [9.17, 15) is 14.4 Å². The van der Waals surface area contributed by atoms with Crippen molar-refractivity contribution in [2.45, 2.75) is 57.3 Å². The number of imide groups is 1. The summed E-state index contributed by atoms with van der Waals surface area (Å²) in [4.78, 5) is 38.2. The zero-order valence-corrected chi connectivity index (χ0v) is 15.4. The molecule has 0 bridgehead atoms. The molecule has 3 unspecified atom stereocenters. The summed E-state index contributed by atoms with van der Waals surface area (Å²) in [6.45, 7) is 1.80. The molecule has 7 heteroatoms. The quantitative estimate of drug-likeness (QED) is 0.661. The van der Waals surface area contributed by atoms with E-state index in [0.717, 1.165) is 36.9 Å². The number of nitrogens with two attached hydrogens (primary N) is 1. The Hall–Kier alpha value is -2.25. The number of fused-ring (bicyclic) bond motifs is 1. The highest BCUT2D eigenvalue weighted by Crippen LogP contribution is 2.30. The molecule has 1 aromatic rings. The average Bonchev–Trinajstić information content (AvgIpc) is 3.25. The van der Waals surface area contributed by atoms with Crippen LogP contribution < -0.4 is 16.4 Å². The first-order chi connectivity index (χ1) is 13.1. The zero-order valence-electron chi connectivity index (χ0n) is 15.4. The first-order valence-electron chi connectivity index (χ1n) is 9.75. The molecular weight excluding hydrogens is 344 g/mol. The van der Waals surface area contributed by atoms with E-state index < -0.39 is 6.04 Å². The second kappa shape index (κ2) is 7.40. The van der Waals surface area contributed by atoms with E-state index in [4.69, 9.17) is 5.73 Å².